The van der Waals surface area contributed by atoms with Gasteiger partial charge >= 0.3 is 5.97 Å². The number of rotatable bonds is 4. The summed E-state index contributed by atoms with van der Waals surface area (Å²) in [5.41, 5.74) is 1.23. The van der Waals surface area contributed by atoms with Crippen LogP contribution in [0.5, 0.6) is 11.5 Å². The van der Waals surface area contributed by atoms with E-state index in [-0.39, 0.29) is 22.5 Å². The summed E-state index contributed by atoms with van der Waals surface area (Å²) in [6.07, 6.45) is 0. The summed E-state index contributed by atoms with van der Waals surface area (Å²) in [7, 11) is 1.45. The predicted octanol–water partition coefficient (Wildman–Crippen LogP) is 4.69. The molecule has 0 unspecified atom stereocenters. The Bertz CT molecular complexity index is 1190. The molecule has 1 aromatic heterocycles. The first-order chi connectivity index (χ1) is 13.7. The summed E-state index contributed by atoms with van der Waals surface area (Å²) in [5.74, 6) is 0.420. The van der Waals surface area contributed by atoms with Gasteiger partial charge in [-0.15, -0.1) is 0 Å². The molecule has 0 atom stereocenters. The van der Waals surface area contributed by atoms with Gasteiger partial charge in [0, 0.05) is 23.8 Å². The zero-order valence-corrected chi connectivity index (χ0v) is 15.0. The summed E-state index contributed by atoms with van der Waals surface area (Å²) >= 11 is 0. The molecule has 0 saturated heterocycles. The van der Waals surface area contributed by atoms with Gasteiger partial charge in [0.2, 0.25) is 0 Å². The summed E-state index contributed by atoms with van der Waals surface area (Å²) in [6.45, 7) is 0. The van der Waals surface area contributed by atoms with E-state index in [0.717, 1.165) is 5.56 Å². The van der Waals surface area contributed by atoms with Crippen molar-refractivity contribution in [1.29, 1.82) is 0 Å². The zero-order chi connectivity index (χ0) is 19.5. The van der Waals surface area contributed by atoms with E-state index in [0.29, 0.717) is 16.7 Å². The molecule has 0 aliphatic carbocycles. The number of hydrogen-bond donors (Lipinski definition) is 0. The first kappa shape index (κ1) is 17.5. The molecule has 0 amide bonds. The van der Waals surface area contributed by atoms with Gasteiger partial charge in [-0.1, -0.05) is 48.5 Å². The Kier molecular flexibility index (Phi) is 4.64. The molecule has 3 aromatic carbocycles. The lowest BCUT2D eigenvalue weighted by Crippen LogP contribution is -2.09. The molecule has 138 valence electrons. The fourth-order valence-electron chi connectivity index (χ4n) is 2.93. The maximum atomic E-state index is 12.7. The third-order valence-electron chi connectivity index (χ3n) is 4.27. The van der Waals surface area contributed by atoms with Crippen LogP contribution in [0.15, 0.2) is 88.1 Å². The highest BCUT2D eigenvalue weighted by molar-refractivity contribution is 5.92. The second-order valence-corrected chi connectivity index (χ2v) is 6.10. The molecular formula is C23H16O5. The van der Waals surface area contributed by atoms with E-state index in [1.807, 2.05) is 36.4 Å². The second-order valence-electron chi connectivity index (χ2n) is 6.10. The molecule has 0 fully saturated rings. The number of carbonyl (C=O) groups excluding carboxylic acids is 1. The summed E-state index contributed by atoms with van der Waals surface area (Å²) in [6, 6.07) is 22.4. The molecule has 5 heteroatoms. The first-order valence-corrected chi connectivity index (χ1v) is 8.64. The van der Waals surface area contributed by atoms with Crippen molar-refractivity contribution in [3.8, 4) is 22.8 Å². The van der Waals surface area contributed by atoms with E-state index in [1.165, 1.54) is 25.3 Å². The summed E-state index contributed by atoms with van der Waals surface area (Å²) in [5, 5.41) is 0.293. The molecule has 0 aliphatic rings. The van der Waals surface area contributed by atoms with Crippen molar-refractivity contribution in [3.05, 3.63) is 94.6 Å². The number of ether oxygens (including phenoxy) is 2. The minimum absolute atomic E-state index is 0.228. The lowest BCUT2D eigenvalue weighted by molar-refractivity contribution is 0.0734. The van der Waals surface area contributed by atoms with Crippen LogP contribution < -0.4 is 14.9 Å². The van der Waals surface area contributed by atoms with Crippen molar-refractivity contribution in [1.82, 2.24) is 0 Å². The predicted molar refractivity (Wildman–Crippen MR) is 106 cm³/mol. The Hall–Kier alpha value is -3.86. The van der Waals surface area contributed by atoms with Crippen LogP contribution in [0.1, 0.15) is 10.4 Å². The Morgan fingerprint density at radius 1 is 0.893 bits per heavy atom. The second kappa shape index (κ2) is 7.40. The monoisotopic (exact) mass is 372 g/mol. The Labute approximate surface area is 160 Å². The Balaban J connectivity index is 1.81. The molecule has 0 bridgehead atoms. The van der Waals surface area contributed by atoms with Gasteiger partial charge in [0.15, 0.2) is 5.43 Å². The van der Waals surface area contributed by atoms with Gasteiger partial charge in [-0.2, -0.15) is 0 Å². The van der Waals surface area contributed by atoms with Crippen molar-refractivity contribution in [2.45, 2.75) is 0 Å². The molecular weight excluding hydrogens is 356 g/mol. The normalized spacial score (nSPS) is 10.6. The van der Waals surface area contributed by atoms with Crippen LogP contribution in [0.25, 0.3) is 22.3 Å². The SMILES string of the molecule is COc1cc(OC(=O)c2ccccc2)cc2oc(-c3ccccc3)cc(=O)c12. The van der Waals surface area contributed by atoms with E-state index in [4.69, 9.17) is 13.9 Å². The van der Waals surface area contributed by atoms with Gasteiger partial charge in [0.05, 0.1) is 12.7 Å². The van der Waals surface area contributed by atoms with Crippen LogP contribution in [0.4, 0.5) is 0 Å². The zero-order valence-electron chi connectivity index (χ0n) is 15.0. The van der Waals surface area contributed by atoms with Crippen LogP contribution in [0.2, 0.25) is 0 Å². The Morgan fingerprint density at radius 3 is 2.25 bits per heavy atom. The van der Waals surface area contributed by atoms with Crippen LogP contribution in [0.3, 0.4) is 0 Å². The molecule has 28 heavy (non-hydrogen) atoms. The van der Waals surface area contributed by atoms with Crippen LogP contribution in [-0.4, -0.2) is 13.1 Å². The first-order valence-electron chi connectivity index (χ1n) is 8.64. The number of hydrogen-bond acceptors (Lipinski definition) is 5. The molecule has 0 radical (unpaired) electrons. The molecule has 0 N–H and O–H groups in total. The topological polar surface area (TPSA) is 65.7 Å². The minimum Gasteiger partial charge on any atom is -0.496 e. The van der Waals surface area contributed by atoms with E-state index in [1.54, 1.807) is 24.3 Å². The number of methoxy groups -OCH3 is 1. The Morgan fingerprint density at radius 2 is 1.57 bits per heavy atom. The van der Waals surface area contributed by atoms with Crippen LogP contribution in [-0.2, 0) is 0 Å². The van der Waals surface area contributed by atoms with E-state index in [2.05, 4.69) is 0 Å². The molecule has 5 nitrogen and oxygen atoms in total. The molecule has 0 spiro atoms. The van der Waals surface area contributed by atoms with Crippen molar-refractivity contribution in [3.63, 3.8) is 0 Å². The highest BCUT2D eigenvalue weighted by Gasteiger charge is 2.16. The van der Waals surface area contributed by atoms with Crippen molar-refractivity contribution in [2.75, 3.05) is 7.11 Å². The average Bonchev–Trinajstić information content (AvgIpc) is 2.74. The summed E-state index contributed by atoms with van der Waals surface area (Å²) in [4.78, 5) is 25.0. The van der Waals surface area contributed by atoms with E-state index in [9.17, 15) is 9.59 Å². The maximum Gasteiger partial charge on any atom is 0.343 e. The quantitative estimate of drug-likeness (QED) is 0.384. The summed E-state index contributed by atoms with van der Waals surface area (Å²) < 4.78 is 16.7. The molecule has 4 rings (SSSR count). The molecule has 0 aliphatic heterocycles. The highest BCUT2D eigenvalue weighted by atomic mass is 16.5. The van der Waals surface area contributed by atoms with Crippen molar-refractivity contribution >= 4 is 16.9 Å². The van der Waals surface area contributed by atoms with E-state index < -0.39 is 5.97 Å². The fourth-order valence-corrected chi connectivity index (χ4v) is 2.93. The average molecular weight is 372 g/mol. The van der Waals surface area contributed by atoms with Crippen LogP contribution >= 0.6 is 0 Å². The smallest absolute Gasteiger partial charge is 0.343 e. The standard InChI is InChI=1S/C23H16O5/c1-26-20-12-17(27-23(25)16-10-6-3-7-11-16)13-21-22(20)18(24)14-19(28-21)15-8-4-2-5-9-15/h2-14H,1H3. The lowest BCUT2D eigenvalue weighted by Gasteiger charge is -2.10. The molecule has 0 saturated carbocycles. The fraction of sp³-hybridized carbons (Fsp3) is 0.0435. The van der Waals surface area contributed by atoms with Crippen LogP contribution in [0, 0.1) is 0 Å². The third kappa shape index (κ3) is 3.38. The van der Waals surface area contributed by atoms with Gasteiger partial charge in [-0.05, 0) is 12.1 Å². The van der Waals surface area contributed by atoms with Gasteiger partial charge in [-0.3, -0.25) is 4.79 Å². The number of fused-ring (bicyclic) bond motifs is 1. The largest absolute Gasteiger partial charge is 0.496 e. The number of benzene rings is 3. The molecule has 4 aromatic rings. The lowest BCUT2D eigenvalue weighted by atomic mass is 10.1. The van der Waals surface area contributed by atoms with Gasteiger partial charge in [0.25, 0.3) is 0 Å². The van der Waals surface area contributed by atoms with Crippen molar-refractivity contribution in [2.24, 2.45) is 0 Å². The van der Waals surface area contributed by atoms with Gasteiger partial charge in [0.1, 0.15) is 28.2 Å². The van der Waals surface area contributed by atoms with E-state index >= 15 is 0 Å². The maximum absolute atomic E-state index is 12.7. The minimum atomic E-state index is -0.511. The third-order valence-corrected chi connectivity index (χ3v) is 4.27. The number of carbonyl (C=O) groups is 1. The van der Waals surface area contributed by atoms with Gasteiger partial charge in [-0.25, -0.2) is 4.79 Å². The number of esters is 1. The van der Waals surface area contributed by atoms with Crippen molar-refractivity contribution < 1.29 is 18.7 Å². The highest BCUT2D eigenvalue weighted by Crippen LogP contribution is 2.32. The van der Waals surface area contributed by atoms with Gasteiger partial charge < -0.3 is 13.9 Å². The molecule has 1 heterocycles.